The largest absolute Gasteiger partial charge is 0.382 e. The maximum Gasteiger partial charge on any atom is 0.149 e. The van der Waals surface area contributed by atoms with Crippen LogP contribution in [0, 0.1) is 0 Å². The van der Waals surface area contributed by atoms with E-state index in [1.165, 1.54) is 19.3 Å². The van der Waals surface area contributed by atoms with E-state index in [9.17, 15) is 0 Å². The van der Waals surface area contributed by atoms with Crippen LogP contribution in [0.15, 0.2) is 12.1 Å². The van der Waals surface area contributed by atoms with E-state index in [1.807, 2.05) is 6.07 Å². The molecule has 0 unspecified atom stereocenters. The number of hydrogen-bond acceptors (Lipinski definition) is 4. The molecule has 0 radical (unpaired) electrons. The van der Waals surface area contributed by atoms with Gasteiger partial charge in [0.2, 0.25) is 0 Å². The molecule has 0 bridgehead atoms. The number of anilines is 2. The highest BCUT2D eigenvalue weighted by molar-refractivity contribution is 5.41. The Hall–Kier alpha value is -1.32. The Bertz CT molecular complexity index is 289. The quantitative estimate of drug-likeness (QED) is 0.718. The van der Waals surface area contributed by atoms with Crippen molar-refractivity contribution in [3.05, 3.63) is 12.1 Å². The molecule has 1 aromatic heterocycles. The van der Waals surface area contributed by atoms with Crippen molar-refractivity contribution >= 4 is 11.6 Å². The average molecular weight is 178 g/mol. The first-order valence-electron chi connectivity index (χ1n) is 4.55. The Kier molecular flexibility index (Phi) is 1.83. The van der Waals surface area contributed by atoms with Crippen molar-refractivity contribution < 1.29 is 0 Å². The molecule has 70 valence electrons. The van der Waals surface area contributed by atoms with Crippen LogP contribution in [0.25, 0.3) is 0 Å². The zero-order valence-electron chi connectivity index (χ0n) is 7.75. The predicted octanol–water partition coefficient (Wildman–Crippen LogP) is 1.41. The van der Waals surface area contributed by atoms with E-state index in [2.05, 4.69) is 22.4 Å². The molecule has 1 saturated carbocycles. The van der Waals surface area contributed by atoms with Gasteiger partial charge in [0, 0.05) is 5.54 Å². The SMILES string of the molecule is CC1(Nc2ccc(N)nn2)CCC1. The molecule has 1 heterocycles. The van der Waals surface area contributed by atoms with Crippen LogP contribution in [0.2, 0.25) is 0 Å². The topological polar surface area (TPSA) is 63.8 Å². The lowest BCUT2D eigenvalue weighted by Crippen LogP contribution is -2.41. The minimum Gasteiger partial charge on any atom is -0.382 e. The van der Waals surface area contributed by atoms with Gasteiger partial charge in [-0.3, -0.25) is 0 Å². The lowest BCUT2D eigenvalue weighted by atomic mass is 9.78. The van der Waals surface area contributed by atoms with Gasteiger partial charge in [-0.15, -0.1) is 10.2 Å². The molecule has 1 aliphatic rings. The maximum atomic E-state index is 5.44. The van der Waals surface area contributed by atoms with Gasteiger partial charge in [0.15, 0.2) is 0 Å². The molecule has 0 saturated heterocycles. The Morgan fingerprint density at radius 3 is 2.62 bits per heavy atom. The fraction of sp³-hybridized carbons (Fsp3) is 0.556. The van der Waals surface area contributed by atoms with Crippen LogP contribution < -0.4 is 11.1 Å². The normalized spacial score (nSPS) is 19.2. The third-order valence-electron chi connectivity index (χ3n) is 2.57. The molecule has 1 aliphatic carbocycles. The van der Waals surface area contributed by atoms with E-state index < -0.39 is 0 Å². The van der Waals surface area contributed by atoms with E-state index >= 15 is 0 Å². The molecule has 0 amide bonds. The van der Waals surface area contributed by atoms with E-state index in [0.717, 1.165) is 5.82 Å². The van der Waals surface area contributed by atoms with Crippen molar-refractivity contribution in [2.24, 2.45) is 0 Å². The van der Waals surface area contributed by atoms with E-state index in [-0.39, 0.29) is 5.54 Å². The Morgan fingerprint density at radius 2 is 2.15 bits per heavy atom. The van der Waals surface area contributed by atoms with Gasteiger partial charge in [-0.05, 0) is 38.3 Å². The highest BCUT2D eigenvalue weighted by atomic mass is 15.2. The average Bonchev–Trinajstić information content (AvgIpc) is 2.06. The van der Waals surface area contributed by atoms with Gasteiger partial charge in [0.25, 0.3) is 0 Å². The number of nitrogens with zero attached hydrogens (tertiary/aromatic N) is 2. The lowest BCUT2D eigenvalue weighted by molar-refractivity contribution is 0.305. The summed E-state index contributed by atoms with van der Waals surface area (Å²) in [6, 6.07) is 3.63. The van der Waals surface area contributed by atoms with Crippen LogP contribution in [0.5, 0.6) is 0 Å². The summed E-state index contributed by atoms with van der Waals surface area (Å²) < 4.78 is 0. The summed E-state index contributed by atoms with van der Waals surface area (Å²) in [5.41, 5.74) is 5.66. The zero-order chi connectivity index (χ0) is 9.31. The highest BCUT2D eigenvalue weighted by Gasteiger charge is 2.31. The van der Waals surface area contributed by atoms with E-state index in [1.54, 1.807) is 6.07 Å². The highest BCUT2D eigenvalue weighted by Crippen LogP contribution is 2.33. The first-order chi connectivity index (χ1) is 6.18. The van der Waals surface area contributed by atoms with Gasteiger partial charge in [-0.2, -0.15) is 0 Å². The second-order valence-corrected chi connectivity index (χ2v) is 3.88. The Balaban J connectivity index is 2.05. The van der Waals surface area contributed by atoms with Crippen molar-refractivity contribution in [1.82, 2.24) is 10.2 Å². The summed E-state index contributed by atoms with van der Waals surface area (Å²) in [6.07, 6.45) is 3.71. The summed E-state index contributed by atoms with van der Waals surface area (Å²) in [4.78, 5) is 0. The molecule has 2 rings (SSSR count). The van der Waals surface area contributed by atoms with Crippen LogP contribution in [-0.2, 0) is 0 Å². The van der Waals surface area contributed by atoms with Crippen molar-refractivity contribution in [1.29, 1.82) is 0 Å². The number of rotatable bonds is 2. The van der Waals surface area contributed by atoms with Crippen LogP contribution >= 0.6 is 0 Å². The van der Waals surface area contributed by atoms with Crippen molar-refractivity contribution in [2.75, 3.05) is 11.1 Å². The van der Waals surface area contributed by atoms with Crippen molar-refractivity contribution in [3.63, 3.8) is 0 Å². The van der Waals surface area contributed by atoms with Gasteiger partial charge in [-0.25, -0.2) is 0 Å². The molecule has 4 heteroatoms. The first kappa shape index (κ1) is 8.29. The summed E-state index contributed by atoms with van der Waals surface area (Å²) in [6.45, 7) is 2.20. The minimum absolute atomic E-state index is 0.227. The van der Waals surface area contributed by atoms with Gasteiger partial charge in [0.05, 0.1) is 0 Å². The molecular formula is C9H14N4. The number of nitrogens with one attached hydrogen (secondary N) is 1. The Labute approximate surface area is 77.5 Å². The van der Waals surface area contributed by atoms with Gasteiger partial charge < -0.3 is 11.1 Å². The zero-order valence-corrected chi connectivity index (χ0v) is 7.75. The summed E-state index contributed by atoms with van der Waals surface area (Å²) in [7, 11) is 0. The third-order valence-corrected chi connectivity index (χ3v) is 2.57. The molecule has 0 atom stereocenters. The van der Waals surface area contributed by atoms with Crippen LogP contribution in [0.1, 0.15) is 26.2 Å². The van der Waals surface area contributed by atoms with Gasteiger partial charge >= 0.3 is 0 Å². The smallest absolute Gasteiger partial charge is 0.149 e. The third kappa shape index (κ3) is 1.71. The predicted molar refractivity (Wildman–Crippen MR) is 52.3 cm³/mol. The molecule has 4 nitrogen and oxygen atoms in total. The molecule has 0 aromatic carbocycles. The van der Waals surface area contributed by atoms with Crippen LogP contribution in [-0.4, -0.2) is 15.7 Å². The maximum absolute atomic E-state index is 5.44. The summed E-state index contributed by atoms with van der Waals surface area (Å²) in [5.74, 6) is 1.28. The molecule has 0 spiro atoms. The van der Waals surface area contributed by atoms with Gasteiger partial charge in [-0.1, -0.05) is 0 Å². The number of nitrogen functional groups attached to an aromatic ring is 1. The lowest BCUT2D eigenvalue weighted by Gasteiger charge is -2.39. The molecule has 13 heavy (non-hydrogen) atoms. The molecule has 0 aliphatic heterocycles. The fourth-order valence-corrected chi connectivity index (χ4v) is 1.55. The Morgan fingerprint density at radius 1 is 1.38 bits per heavy atom. The van der Waals surface area contributed by atoms with Crippen LogP contribution in [0.3, 0.4) is 0 Å². The van der Waals surface area contributed by atoms with Gasteiger partial charge in [0.1, 0.15) is 11.6 Å². The van der Waals surface area contributed by atoms with Crippen molar-refractivity contribution in [3.8, 4) is 0 Å². The van der Waals surface area contributed by atoms with Crippen LogP contribution in [0.4, 0.5) is 11.6 Å². The molecular weight excluding hydrogens is 164 g/mol. The minimum atomic E-state index is 0.227. The second-order valence-electron chi connectivity index (χ2n) is 3.88. The standard InChI is InChI=1S/C9H14N4/c1-9(5-2-6-9)11-8-4-3-7(10)12-13-8/h3-4H,2,5-6H2,1H3,(H2,10,12)(H,11,13). The number of aromatic nitrogens is 2. The molecule has 3 N–H and O–H groups in total. The van der Waals surface area contributed by atoms with E-state index in [0.29, 0.717) is 5.82 Å². The molecule has 1 fully saturated rings. The summed E-state index contributed by atoms with van der Waals surface area (Å²) >= 11 is 0. The summed E-state index contributed by atoms with van der Waals surface area (Å²) in [5, 5.41) is 11.1. The first-order valence-corrected chi connectivity index (χ1v) is 4.55. The van der Waals surface area contributed by atoms with E-state index in [4.69, 9.17) is 5.73 Å². The second kappa shape index (κ2) is 2.87. The molecule has 1 aromatic rings. The fourth-order valence-electron chi connectivity index (χ4n) is 1.55. The number of nitrogens with two attached hydrogens (primary N) is 1. The number of hydrogen-bond donors (Lipinski definition) is 2. The monoisotopic (exact) mass is 178 g/mol. The van der Waals surface area contributed by atoms with Crippen molar-refractivity contribution in [2.45, 2.75) is 31.7 Å².